The van der Waals surface area contributed by atoms with Crippen molar-refractivity contribution in [2.75, 3.05) is 20.3 Å². The maximum absolute atomic E-state index is 11.3. The number of benzene rings is 1. The minimum Gasteiger partial charge on any atom is -0.469 e. The van der Waals surface area contributed by atoms with Gasteiger partial charge in [-0.15, -0.1) is 0 Å². The fourth-order valence-electron chi connectivity index (χ4n) is 2.64. The Hall–Kier alpha value is -1.35. The average Bonchev–Trinajstić information content (AvgIpc) is 2.29. The van der Waals surface area contributed by atoms with Crippen LogP contribution >= 0.6 is 0 Å². The third-order valence-corrected chi connectivity index (χ3v) is 3.75. The Morgan fingerprint density at radius 1 is 1.39 bits per heavy atom. The van der Waals surface area contributed by atoms with E-state index in [0.717, 1.165) is 6.42 Å². The lowest BCUT2D eigenvalue weighted by atomic mass is 9.73. The standard InChI is InChI=1S/C15H20O3/c1-11-4-5-13(12(2)8-11)15(9-18-10-15)7-6-14(16)17-3/h4-5,8H,6-7,9-10H2,1-3H3. The zero-order valence-corrected chi connectivity index (χ0v) is 11.3. The summed E-state index contributed by atoms with van der Waals surface area (Å²) in [6.45, 7) is 5.62. The lowest BCUT2D eigenvalue weighted by molar-refractivity contribution is -0.142. The van der Waals surface area contributed by atoms with E-state index in [4.69, 9.17) is 9.47 Å². The van der Waals surface area contributed by atoms with Crippen molar-refractivity contribution in [2.45, 2.75) is 32.1 Å². The molecule has 1 aliphatic heterocycles. The van der Waals surface area contributed by atoms with Gasteiger partial charge in [-0.1, -0.05) is 23.8 Å². The molecule has 1 heterocycles. The van der Waals surface area contributed by atoms with Gasteiger partial charge in [-0.3, -0.25) is 4.79 Å². The maximum Gasteiger partial charge on any atom is 0.305 e. The maximum atomic E-state index is 11.3. The number of carbonyl (C=O) groups excluding carboxylic acids is 1. The molecular weight excluding hydrogens is 228 g/mol. The minimum atomic E-state index is -0.147. The molecule has 0 saturated carbocycles. The van der Waals surface area contributed by atoms with E-state index in [-0.39, 0.29) is 11.4 Å². The van der Waals surface area contributed by atoms with E-state index in [1.54, 1.807) is 0 Å². The summed E-state index contributed by atoms with van der Waals surface area (Å²) in [5.41, 5.74) is 3.86. The molecule has 98 valence electrons. The Labute approximate surface area is 108 Å². The Balaban J connectivity index is 2.18. The van der Waals surface area contributed by atoms with Crippen LogP contribution in [0.4, 0.5) is 0 Å². The monoisotopic (exact) mass is 248 g/mol. The smallest absolute Gasteiger partial charge is 0.305 e. The van der Waals surface area contributed by atoms with E-state index in [9.17, 15) is 4.79 Å². The van der Waals surface area contributed by atoms with Crippen molar-refractivity contribution in [3.8, 4) is 0 Å². The second kappa shape index (κ2) is 5.11. The molecule has 0 aliphatic carbocycles. The van der Waals surface area contributed by atoms with E-state index in [1.165, 1.54) is 23.8 Å². The highest BCUT2D eigenvalue weighted by Crippen LogP contribution is 2.38. The van der Waals surface area contributed by atoms with Gasteiger partial charge in [-0.25, -0.2) is 0 Å². The number of esters is 1. The van der Waals surface area contributed by atoms with E-state index in [1.807, 2.05) is 0 Å². The zero-order valence-electron chi connectivity index (χ0n) is 11.3. The van der Waals surface area contributed by atoms with Crippen LogP contribution in [0.25, 0.3) is 0 Å². The van der Waals surface area contributed by atoms with Crippen LogP contribution in [0.5, 0.6) is 0 Å². The van der Waals surface area contributed by atoms with E-state index in [0.29, 0.717) is 19.6 Å². The van der Waals surface area contributed by atoms with Crippen molar-refractivity contribution in [2.24, 2.45) is 0 Å². The van der Waals surface area contributed by atoms with Gasteiger partial charge in [0.05, 0.1) is 20.3 Å². The molecule has 3 nitrogen and oxygen atoms in total. The number of hydrogen-bond acceptors (Lipinski definition) is 3. The summed E-state index contributed by atoms with van der Waals surface area (Å²) < 4.78 is 10.1. The van der Waals surface area contributed by atoms with Crippen LogP contribution in [0.2, 0.25) is 0 Å². The summed E-state index contributed by atoms with van der Waals surface area (Å²) in [5.74, 6) is -0.147. The van der Waals surface area contributed by atoms with Gasteiger partial charge >= 0.3 is 5.97 Å². The van der Waals surface area contributed by atoms with Gasteiger partial charge in [0.25, 0.3) is 0 Å². The fraction of sp³-hybridized carbons (Fsp3) is 0.533. The molecule has 3 heteroatoms. The lowest BCUT2D eigenvalue weighted by Gasteiger charge is -2.43. The summed E-state index contributed by atoms with van der Waals surface area (Å²) in [7, 11) is 1.43. The zero-order chi connectivity index (χ0) is 13.2. The molecule has 1 aromatic rings. The van der Waals surface area contributed by atoms with Crippen LogP contribution in [0.3, 0.4) is 0 Å². The quantitative estimate of drug-likeness (QED) is 0.768. The highest BCUT2D eigenvalue weighted by Gasteiger charge is 2.41. The number of aryl methyl sites for hydroxylation is 2. The van der Waals surface area contributed by atoms with Crippen molar-refractivity contribution in [3.63, 3.8) is 0 Å². The summed E-state index contributed by atoms with van der Waals surface area (Å²) >= 11 is 0. The Bertz CT molecular complexity index is 447. The highest BCUT2D eigenvalue weighted by atomic mass is 16.5. The van der Waals surface area contributed by atoms with Gasteiger partial charge < -0.3 is 9.47 Å². The van der Waals surface area contributed by atoms with Crippen molar-refractivity contribution >= 4 is 5.97 Å². The summed E-state index contributed by atoms with van der Waals surface area (Å²) in [6.07, 6.45) is 1.25. The Morgan fingerprint density at radius 2 is 2.11 bits per heavy atom. The molecule has 0 unspecified atom stereocenters. The van der Waals surface area contributed by atoms with Gasteiger partial charge in [-0.05, 0) is 31.4 Å². The topological polar surface area (TPSA) is 35.5 Å². The van der Waals surface area contributed by atoms with Crippen LogP contribution in [0.15, 0.2) is 18.2 Å². The molecule has 0 N–H and O–H groups in total. The second-order valence-corrected chi connectivity index (χ2v) is 5.17. The molecule has 0 atom stereocenters. The first-order valence-corrected chi connectivity index (χ1v) is 6.30. The number of hydrogen-bond donors (Lipinski definition) is 0. The average molecular weight is 248 g/mol. The molecule has 0 bridgehead atoms. The number of methoxy groups -OCH3 is 1. The van der Waals surface area contributed by atoms with Crippen molar-refractivity contribution in [1.82, 2.24) is 0 Å². The largest absolute Gasteiger partial charge is 0.469 e. The Kier molecular flexibility index (Phi) is 3.71. The molecule has 2 rings (SSSR count). The molecule has 0 amide bonds. The Morgan fingerprint density at radius 3 is 2.61 bits per heavy atom. The van der Waals surface area contributed by atoms with E-state index in [2.05, 4.69) is 32.0 Å². The number of carbonyl (C=O) groups is 1. The first-order chi connectivity index (χ1) is 8.57. The molecule has 0 spiro atoms. The highest BCUT2D eigenvalue weighted by molar-refractivity contribution is 5.69. The first kappa shape index (κ1) is 13.1. The van der Waals surface area contributed by atoms with Gasteiger partial charge in [0.15, 0.2) is 0 Å². The molecule has 1 aromatic carbocycles. The van der Waals surface area contributed by atoms with Gasteiger partial charge in [-0.2, -0.15) is 0 Å². The fourth-order valence-corrected chi connectivity index (χ4v) is 2.64. The van der Waals surface area contributed by atoms with Gasteiger partial charge in [0, 0.05) is 11.8 Å². The summed E-state index contributed by atoms with van der Waals surface area (Å²) in [5, 5.41) is 0. The SMILES string of the molecule is COC(=O)CCC1(c2ccc(C)cc2C)COC1. The molecule has 1 fully saturated rings. The van der Waals surface area contributed by atoms with E-state index >= 15 is 0 Å². The van der Waals surface area contributed by atoms with Gasteiger partial charge in [0.1, 0.15) is 0 Å². The van der Waals surface area contributed by atoms with Crippen LogP contribution in [-0.2, 0) is 19.7 Å². The third kappa shape index (κ3) is 2.41. The lowest BCUT2D eigenvalue weighted by Crippen LogP contribution is -2.47. The number of ether oxygens (including phenoxy) is 2. The van der Waals surface area contributed by atoms with Crippen molar-refractivity contribution in [3.05, 3.63) is 34.9 Å². The van der Waals surface area contributed by atoms with E-state index < -0.39 is 0 Å². The summed E-state index contributed by atoms with van der Waals surface area (Å²) in [4.78, 5) is 11.3. The molecule has 18 heavy (non-hydrogen) atoms. The molecule has 1 aliphatic rings. The van der Waals surface area contributed by atoms with Crippen LogP contribution in [0.1, 0.15) is 29.5 Å². The predicted molar refractivity (Wildman–Crippen MR) is 69.7 cm³/mol. The molecule has 0 radical (unpaired) electrons. The molecular formula is C15H20O3. The van der Waals surface area contributed by atoms with Crippen LogP contribution in [0, 0.1) is 13.8 Å². The second-order valence-electron chi connectivity index (χ2n) is 5.17. The van der Waals surface area contributed by atoms with Crippen LogP contribution in [-0.4, -0.2) is 26.3 Å². The normalized spacial score (nSPS) is 17.1. The number of rotatable bonds is 4. The third-order valence-electron chi connectivity index (χ3n) is 3.75. The summed E-state index contributed by atoms with van der Waals surface area (Å²) in [6, 6.07) is 6.48. The first-order valence-electron chi connectivity index (χ1n) is 6.30. The minimum absolute atomic E-state index is 0.00593. The van der Waals surface area contributed by atoms with Crippen molar-refractivity contribution < 1.29 is 14.3 Å². The molecule has 1 saturated heterocycles. The predicted octanol–water partition coefficient (Wildman–Crippen LogP) is 2.52. The molecule has 0 aromatic heterocycles. The van der Waals surface area contributed by atoms with Crippen LogP contribution < -0.4 is 0 Å². The van der Waals surface area contributed by atoms with Crippen molar-refractivity contribution in [1.29, 1.82) is 0 Å². The van der Waals surface area contributed by atoms with Gasteiger partial charge in [0.2, 0.25) is 0 Å².